The average Bonchev–Trinajstić information content (AvgIpc) is 2.43. The van der Waals surface area contributed by atoms with Crippen LogP contribution in [0.1, 0.15) is 0 Å². The van der Waals surface area contributed by atoms with E-state index >= 15 is 0 Å². The van der Waals surface area contributed by atoms with Crippen molar-refractivity contribution in [1.29, 1.82) is 0 Å². The number of rotatable bonds is 1. The zero-order valence-electron chi connectivity index (χ0n) is 5.57. The van der Waals surface area contributed by atoms with Crippen LogP contribution in [0.3, 0.4) is 0 Å². The van der Waals surface area contributed by atoms with Crippen LogP contribution in [0, 0.1) is 0 Å². The Labute approximate surface area is 73.1 Å². The van der Waals surface area contributed by atoms with Crippen LogP contribution in [-0.4, -0.2) is 39.6 Å². The summed E-state index contributed by atoms with van der Waals surface area (Å²) < 4.78 is 0. The van der Waals surface area contributed by atoms with Crippen LogP contribution < -0.4 is 0 Å². The van der Waals surface area contributed by atoms with E-state index in [0.29, 0.717) is 5.75 Å². The van der Waals surface area contributed by atoms with Gasteiger partial charge in [0.2, 0.25) is 5.91 Å². The number of carbonyl (C=O) groups is 2. The van der Waals surface area contributed by atoms with Crippen molar-refractivity contribution in [2.24, 2.45) is 0 Å². The lowest BCUT2D eigenvalue weighted by molar-refractivity contribution is -0.144. The summed E-state index contributed by atoms with van der Waals surface area (Å²) in [5, 5.41) is -0.343. The van der Waals surface area contributed by atoms with Gasteiger partial charge in [-0.1, -0.05) is 0 Å². The van der Waals surface area contributed by atoms with Crippen molar-refractivity contribution in [3.63, 3.8) is 0 Å². The fraction of sp³-hybridized carbons (Fsp3) is 0.667. The second-order valence-corrected chi connectivity index (χ2v) is 4.19. The Morgan fingerprint density at radius 2 is 2.45 bits per heavy atom. The minimum Gasteiger partial charge on any atom is -0.317 e. The van der Waals surface area contributed by atoms with Gasteiger partial charge in [0.25, 0.3) is 0 Å². The van der Waals surface area contributed by atoms with Crippen molar-refractivity contribution in [3.05, 3.63) is 0 Å². The van der Waals surface area contributed by atoms with E-state index in [-0.39, 0.29) is 17.3 Å². The number of hydrogen-bond acceptors (Lipinski definition) is 3. The topological polar surface area (TPSA) is 37.4 Å². The molecule has 0 saturated carbocycles. The molecule has 5 heteroatoms. The molecule has 2 rings (SSSR count). The Kier molecular flexibility index (Phi) is 1.61. The third-order valence-electron chi connectivity index (χ3n) is 1.97. The molecular weight excluding hydrogens is 186 g/mol. The van der Waals surface area contributed by atoms with Gasteiger partial charge in [-0.2, -0.15) is 0 Å². The SMILES string of the molecule is O=CC1CSC2C(Cl)C(=O)N12. The molecule has 11 heavy (non-hydrogen) atoms. The first-order valence-electron chi connectivity index (χ1n) is 3.29. The van der Waals surface area contributed by atoms with E-state index in [1.807, 2.05) is 0 Å². The second kappa shape index (κ2) is 2.38. The van der Waals surface area contributed by atoms with Crippen LogP contribution in [0.4, 0.5) is 0 Å². The highest BCUT2D eigenvalue weighted by Gasteiger charge is 2.53. The summed E-state index contributed by atoms with van der Waals surface area (Å²) in [7, 11) is 0. The van der Waals surface area contributed by atoms with Crippen molar-refractivity contribution in [2.45, 2.75) is 16.8 Å². The van der Waals surface area contributed by atoms with E-state index in [4.69, 9.17) is 11.6 Å². The summed E-state index contributed by atoms with van der Waals surface area (Å²) in [6, 6.07) is -0.229. The van der Waals surface area contributed by atoms with Crippen molar-refractivity contribution >= 4 is 35.6 Å². The van der Waals surface area contributed by atoms with Crippen LogP contribution in [0.2, 0.25) is 0 Å². The van der Waals surface area contributed by atoms with Gasteiger partial charge in [0.15, 0.2) is 0 Å². The molecule has 0 aromatic heterocycles. The number of halogens is 1. The smallest absolute Gasteiger partial charge is 0.245 e. The lowest BCUT2D eigenvalue weighted by atomic mass is 10.1. The van der Waals surface area contributed by atoms with Gasteiger partial charge in [0.1, 0.15) is 17.0 Å². The van der Waals surface area contributed by atoms with E-state index < -0.39 is 5.38 Å². The molecule has 0 aliphatic carbocycles. The quantitative estimate of drug-likeness (QED) is 0.335. The van der Waals surface area contributed by atoms with E-state index in [0.717, 1.165) is 6.29 Å². The van der Waals surface area contributed by atoms with Crippen LogP contribution >= 0.6 is 23.4 Å². The molecule has 0 bridgehead atoms. The zero-order chi connectivity index (χ0) is 8.01. The third kappa shape index (κ3) is 0.825. The number of β-lactam (4-membered cyclic amide) rings is 1. The summed E-state index contributed by atoms with van der Waals surface area (Å²) in [5.41, 5.74) is 0. The molecular formula is C6H6ClNO2S. The predicted octanol–water partition coefficient (Wildman–Crippen LogP) is 0.0764. The average molecular weight is 192 g/mol. The monoisotopic (exact) mass is 191 g/mol. The van der Waals surface area contributed by atoms with Gasteiger partial charge in [-0.05, 0) is 0 Å². The highest BCUT2D eigenvalue weighted by atomic mass is 35.5. The second-order valence-electron chi connectivity index (χ2n) is 2.57. The Morgan fingerprint density at radius 1 is 1.73 bits per heavy atom. The first kappa shape index (κ1) is 7.43. The number of nitrogens with zero attached hydrogens (tertiary/aromatic N) is 1. The number of fused-ring (bicyclic) bond motifs is 1. The maximum absolute atomic E-state index is 11.0. The number of carbonyl (C=O) groups excluding carboxylic acids is 2. The van der Waals surface area contributed by atoms with Crippen molar-refractivity contribution in [3.8, 4) is 0 Å². The molecule has 0 aromatic carbocycles. The summed E-state index contributed by atoms with van der Waals surface area (Å²) in [5.74, 6) is 0.599. The molecule has 0 spiro atoms. The number of thioether (sulfide) groups is 1. The maximum atomic E-state index is 11.0. The Hall–Kier alpha value is -0.220. The third-order valence-corrected chi connectivity index (χ3v) is 3.92. The molecule has 0 N–H and O–H groups in total. The van der Waals surface area contributed by atoms with E-state index in [2.05, 4.69) is 0 Å². The van der Waals surface area contributed by atoms with Gasteiger partial charge in [0.05, 0.1) is 6.04 Å². The molecule has 60 valence electrons. The summed E-state index contributed by atoms with van der Waals surface area (Å²) in [6.07, 6.45) is 0.813. The van der Waals surface area contributed by atoms with Crippen molar-refractivity contribution < 1.29 is 9.59 Å². The molecule has 0 radical (unpaired) electrons. The van der Waals surface area contributed by atoms with E-state index in [1.165, 1.54) is 0 Å². The Balaban J connectivity index is 2.16. The Bertz CT molecular complexity index is 223. The van der Waals surface area contributed by atoms with E-state index in [9.17, 15) is 9.59 Å². The number of alkyl halides is 1. The Morgan fingerprint density at radius 3 is 3.09 bits per heavy atom. The minimum absolute atomic E-state index is 0.0550. The first-order chi connectivity index (χ1) is 5.25. The van der Waals surface area contributed by atoms with Gasteiger partial charge in [-0.3, -0.25) is 4.79 Å². The molecule has 0 aromatic rings. The normalized spacial score (nSPS) is 41.7. The highest BCUT2D eigenvalue weighted by molar-refractivity contribution is 8.00. The van der Waals surface area contributed by atoms with Gasteiger partial charge in [0, 0.05) is 5.75 Å². The molecule has 3 nitrogen and oxygen atoms in total. The van der Waals surface area contributed by atoms with Crippen LogP contribution in [0.25, 0.3) is 0 Å². The number of amides is 1. The minimum atomic E-state index is -0.398. The molecule has 3 unspecified atom stereocenters. The molecule has 2 aliphatic rings. The highest BCUT2D eigenvalue weighted by Crippen LogP contribution is 2.41. The molecule has 2 fully saturated rings. The van der Waals surface area contributed by atoms with Gasteiger partial charge in [-0.15, -0.1) is 23.4 Å². The van der Waals surface area contributed by atoms with Crippen LogP contribution in [-0.2, 0) is 9.59 Å². The molecule has 3 atom stereocenters. The molecule has 2 saturated heterocycles. The lowest BCUT2D eigenvalue weighted by Gasteiger charge is -2.39. The molecule has 2 heterocycles. The van der Waals surface area contributed by atoms with Crippen LogP contribution in [0.5, 0.6) is 0 Å². The van der Waals surface area contributed by atoms with Crippen molar-refractivity contribution in [2.75, 3.05) is 5.75 Å². The zero-order valence-corrected chi connectivity index (χ0v) is 7.14. The fourth-order valence-corrected chi connectivity index (χ4v) is 3.14. The summed E-state index contributed by atoms with van der Waals surface area (Å²) in [6.45, 7) is 0. The predicted molar refractivity (Wildman–Crippen MR) is 42.6 cm³/mol. The number of aldehydes is 1. The standard InChI is InChI=1S/C6H6ClNO2S/c7-4-5(10)8-3(1-9)2-11-6(4)8/h1,3-4,6H,2H2. The molecule has 1 amide bonds. The van der Waals surface area contributed by atoms with E-state index in [1.54, 1.807) is 16.7 Å². The largest absolute Gasteiger partial charge is 0.317 e. The molecule has 2 aliphatic heterocycles. The lowest BCUT2D eigenvalue weighted by Crippen LogP contribution is -2.61. The van der Waals surface area contributed by atoms with Gasteiger partial charge >= 0.3 is 0 Å². The fourth-order valence-electron chi connectivity index (χ4n) is 1.35. The van der Waals surface area contributed by atoms with Crippen LogP contribution in [0.15, 0.2) is 0 Å². The van der Waals surface area contributed by atoms with Gasteiger partial charge < -0.3 is 9.69 Å². The number of hydrogen-bond donors (Lipinski definition) is 0. The summed E-state index contributed by atoms with van der Waals surface area (Å²) >= 11 is 7.27. The van der Waals surface area contributed by atoms with Crippen molar-refractivity contribution in [1.82, 2.24) is 4.90 Å². The maximum Gasteiger partial charge on any atom is 0.245 e. The van der Waals surface area contributed by atoms with Gasteiger partial charge in [-0.25, -0.2) is 0 Å². The first-order valence-corrected chi connectivity index (χ1v) is 4.77. The summed E-state index contributed by atoms with van der Waals surface area (Å²) in [4.78, 5) is 23.0.